The molecule has 0 aliphatic heterocycles. The highest BCUT2D eigenvalue weighted by molar-refractivity contribution is 6.30. The fraction of sp³-hybridized carbons (Fsp3) is 0.143. The number of nitrogens with one attached hydrogen (secondary N) is 1. The van der Waals surface area contributed by atoms with E-state index in [9.17, 15) is 4.79 Å². The zero-order valence-electron chi connectivity index (χ0n) is 10.4. The summed E-state index contributed by atoms with van der Waals surface area (Å²) in [5.41, 5.74) is 1.36. The summed E-state index contributed by atoms with van der Waals surface area (Å²) in [6, 6.07) is 10.5. The Morgan fingerprint density at radius 2 is 2.00 bits per heavy atom. The van der Waals surface area contributed by atoms with Gasteiger partial charge in [0.15, 0.2) is 0 Å². The summed E-state index contributed by atoms with van der Waals surface area (Å²) in [6.45, 7) is 2.15. The monoisotopic (exact) mass is 276 g/mol. The second-order valence-electron chi connectivity index (χ2n) is 3.78. The van der Waals surface area contributed by atoms with Gasteiger partial charge in [-0.05, 0) is 43.3 Å². The molecule has 5 heteroatoms. The first-order chi connectivity index (χ1) is 9.19. The molecule has 98 valence electrons. The van der Waals surface area contributed by atoms with Gasteiger partial charge in [-0.15, -0.1) is 0 Å². The SMILES string of the molecule is CCOC(=O)c1ccc(Nc2ccc(Cl)cn2)cc1. The van der Waals surface area contributed by atoms with Crippen molar-refractivity contribution in [3.8, 4) is 0 Å². The quantitative estimate of drug-likeness (QED) is 0.866. The Balaban J connectivity index is 2.06. The van der Waals surface area contributed by atoms with E-state index in [1.807, 2.05) is 0 Å². The van der Waals surface area contributed by atoms with Gasteiger partial charge in [-0.2, -0.15) is 0 Å². The van der Waals surface area contributed by atoms with E-state index in [-0.39, 0.29) is 5.97 Å². The van der Waals surface area contributed by atoms with Gasteiger partial charge in [0.1, 0.15) is 5.82 Å². The molecule has 0 saturated carbocycles. The lowest BCUT2D eigenvalue weighted by Gasteiger charge is -2.06. The molecule has 0 spiro atoms. The maximum absolute atomic E-state index is 11.5. The Morgan fingerprint density at radius 1 is 1.26 bits per heavy atom. The van der Waals surface area contributed by atoms with Crippen LogP contribution in [0.15, 0.2) is 42.6 Å². The molecule has 0 aliphatic carbocycles. The first kappa shape index (κ1) is 13.4. The van der Waals surface area contributed by atoms with Crippen molar-refractivity contribution in [2.75, 3.05) is 11.9 Å². The van der Waals surface area contributed by atoms with E-state index in [2.05, 4.69) is 10.3 Å². The Bertz CT molecular complexity index is 553. The number of hydrogen-bond acceptors (Lipinski definition) is 4. The van der Waals surface area contributed by atoms with Crippen LogP contribution in [0.2, 0.25) is 5.02 Å². The van der Waals surface area contributed by atoms with Crippen LogP contribution in [0.5, 0.6) is 0 Å². The van der Waals surface area contributed by atoms with Crippen LogP contribution in [0, 0.1) is 0 Å². The molecule has 1 aromatic heterocycles. The van der Waals surface area contributed by atoms with E-state index in [1.54, 1.807) is 49.5 Å². The molecule has 0 saturated heterocycles. The molecule has 1 heterocycles. The van der Waals surface area contributed by atoms with Gasteiger partial charge in [-0.1, -0.05) is 11.6 Å². The first-order valence-corrected chi connectivity index (χ1v) is 6.22. The van der Waals surface area contributed by atoms with Gasteiger partial charge in [0.05, 0.1) is 17.2 Å². The number of halogens is 1. The molecule has 0 radical (unpaired) electrons. The topological polar surface area (TPSA) is 51.2 Å². The maximum atomic E-state index is 11.5. The lowest BCUT2D eigenvalue weighted by molar-refractivity contribution is 0.0526. The molecule has 0 bridgehead atoms. The number of ether oxygens (including phenoxy) is 1. The van der Waals surface area contributed by atoms with Gasteiger partial charge >= 0.3 is 5.97 Å². The van der Waals surface area contributed by atoms with Crippen LogP contribution in [0.25, 0.3) is 0 Å². The summed E-state index contributed by atoms with van der Waals surface area (Å²) in [4.78, 5) is 15.6. The van der Waals surface area contributed by atoms with E-state index >= 15 is 0 Å². The highest BCUT2D eigenvalue weighted by Gasteiger charge is 2.05. The van der Waals surface area contributed by atoms with E-state index < -0.39 is 0 Å². The number of aromatic nitrogens is 1. The van der Waals surface area contributed by atoms with Crippen LogP contribution in [0.4, 0.5) is 11.5 Å². The second-order valence-corrected chi connectivity index (χ2v) is 4.22. The summed E-state index contributed by atoms with van der Waals surface area (Å²) in [7, 11) is 0. The molecule has 0 fully saturated rings. The van der Waals surface area contributed by atoms with Crippen LogP contribution in [0.1, 0.15) is 17.3 Å². The lowest BCUT2D eigenvalue weighted by Crippen LogP contribution is -2.04. The molecule has 2 aromatic rings. The standard InChI is InChI=1S/C14H13ClN2O2/c1-2-19-14(18)10-3-6-12(7-4-10)17-13-8-5-11(15)9-16-13/h3-9H,2H2,1H3,(H,16,17). The molecule has 1 N–H and O–H groups in total. The van der Waals surface area contributed by atoms with E-state index in [0.29, 0.717) is 23.0 Å². The minimum Gasteiger partial charge on any atom is -0.462 e. The molecule has 4 nitrogen and oxygen atoms in total. The number of benzene rings is 1. The normalized spacial score (nSPS) is 10.0. The Morgan fingerprint density at radius 3 is 2.58 bits per heavy atom. The van der Waals surface area contributed by atoms with E-state index in [0.717, 1.165) is 5.69 Å². The number of nitrogens with zero attached hydrogens (tertiary/aromatic N) is 1. The fourth-order valence-corrected chi connectivity index (χ4v) is 1.61. The number of anilines is 2. The van der Waals surface area contributed by atoms with Crippen molar-refractivity contribution in [3.05, 3.63) is 53.2 Å². The van der Waals surface area contributed by atoms with Gasteiger partial charge < -0.3 is 10.1 Å². The second kappa shape index (κ2) is 6.20. The number of esters is 1. The van der Waals surface area contributed by atoms with Gasteiger partial charge in [0.25, 0.3) is 0 Å². The van der Waals surface area contributed by atoms with Crippen molar-refractivity contribution < 1.29 is 9.53 Å². The number of carbonyl (C=O) groups is 1. The molecule has 1 aromatic carbocycles. The summed E-state index contributed by atoms with van der Waals surface area (Å²) in [6.07, 6.45) is 1.57. The molecular formula is C14H13ClN2O2. The number of carbonyl (C=O) groups excluding carboxylic acids is 1. The van der Waals surface area contributed by atoms with Crippen LogP contribution >= 0.6 is 11.6 Å². The zero-order valence-corrected chi connectivity index (χ0v) is 11.1. The summed E-state index contributed by atoms with van der Waals surface area (Å²) < 4.78 is 4.91. The van der Waals surface area contributed by atoms with Crippen molar-refractivity contribution in [1.29, 1.82) is 0 Å². The van der Waals surface area contributed by atoms with Crippen molar-refractivity contribution in [1.82, 2.24) is 4.98 Å². The zero-order chi connectivity index (χ0) is 13.7. The van der Waals surface area contributed by atoms with Crippen LogP contribution in [0.3, 0.4) is 0 Å². The van der Waals surface area contributed by atoms with E-state index in [1.165, 1.54) is 0 Å². The third-order valence-electron chi connectivity index (χ3n) is 2.40. The summed E-state index contributed by atoms with van der Waals surface area (Å²) in [5.74, 6) is 0.368. The average molecular weight is 277 g/mol. The molecular weight excluding hydrogens is 264 g/mol. The molecule has 2 rings (SSSR count). The molecule has 19 heavy (non-hydrogen) atoms. The highest BCUT2D eigenvalue weighted by Crippen LogP contribution is 2.17. The van der Waals surface area contributed by atoms with Gasteiger partial charge in [0, 0.05) is 11.9 Å². The molecule has 0 aliphatic rings. The van der Waals surface area contributed by atoms with Crippen molar-refractivity contribution in [2.45, 2.75) is 6.92 Å². The highest BCUT2D eigenvalue weighted by atomic mass is 35.5. The number of rotatable bonds is 4. The van der Waals surface area contributed by atoms with Crippen LogP contribution in [-0.2, 0) is 4.74 Å². The average Bonchev–Trinajstić information content (AvgIpc) is 2.42. The minimum absolute atomic E-state index is 0.321. The minimum atomic E-state index is -0.321. The van der Waals surface area contributed by atoms with Crippen molar-refractivity contribution >= 4 is 29.1 Å². The number of pyridine rings is 1. The predicted octanol–water partition coefficient (Wildman–Crippen LogP) is 3.66. The van der Waals surface area contributed by atoms with Crippen molar-refractivity contribution in [3.63, 3.8) is 0 Å². The van der Waals surface area contributed by atoms with Crippen LogP contribution < -0.4 is 5.32 Å². The summed E-state index contributed by atoms with van der Waals surface area (Å²) in [5, 5.41) is 3.69. The Labute approximate surface area is 116 Å². The fourth-order valence-electron chi connectivity index (χ4n) is 1.50. The number of hydrogen-bond donors (Lipinski definition) is 1. The molecule has 0 unspecified atom stereocenters. The summed E-state index contributed by atoms with van der Waals surface area (Å²) >= 11 is 5.76. The smallest absolute Gasteiger partial charge is 0.338 e. The lowest BCUT2D eigenvalue weighted by atomic mass is 10.2. The van der Waals surface area contributed by atoms with E-state index in [4.69, 9.17) is 16.3 Å². The third-order valence-corrected chi connectivity index (χ3v) is 2.62. The third kappa shape index (κ3) is 3.69. The first-order valence-electron chi connectivity index (χ1n) is 5.85. The van der Waals surface area contributed by atoms with Gasteiger partial charge in [-0.3, -0.25) is 0 Å². The Kier molecular flexibility index (Phi) is 4.36. The van der Waals surface area contributed by atoms with Crippen LogP contribution in [-0.4, -0.2) is 17.6 Å². The molecule has 0 atom stereocenters. The molecule has 0 amide bonds. The van der Waals surface area contributed by atoms with Gasteiger partial charge in [0.2, 0.25) is 0 Å². The van der Waals surface area contributed by atoms with Crippen molar-refractivity contribution in [2.24, 2.45) is 0 Å². The largest absolute Gasteiger partial charge is 0.462 e. The van der Waals surface area contributed by atoms with Gasteiger partial charge in [-0.25, -0.2) is 9.78 Å². The predicted molar refractivity (Wildman–Crippen MR) is 74.9 cm³/mol. The maximum Gasteiger partial charge on any atom is 0.338 e. The Hall–Kier alpha value is -2.07.